The Balaban J connectivity index is 1.63. The van der Waals surface area contributed by atoms with Crippen LogP contribution in [-0.4, -0.2) is 25.8 Å². The highest BCUT2D eigenvalue weighted by Gasteiger charge is 2.17. The van der Waals surface area contributed by atoms with Gasteiger partial charge in [-0.05, 0) is 25.2 Å². The Morgan fingerprint density at radius 2 is 2.42 bits per heavy atom. The van der Waals surface area contributed by atoms with Gasteiger partial charge in [0.05, 0.1) is 6.61 Å². The quantitative estimate of drug-likeness (QED) is 0.640. The van der Waals surface area contributed by atoms with E-state index in [0.29, 0.717) is 6.04 Å². The summed E-state index contributed by atoms with van der Waals surface area (Å²) in [5, 5.41) is 3.56. The van der Waals surface area contributed by atoms with Crippen molar-refractivity contribution in [2.24, 2.45) is 5.92 Å². The molecule has 0 aromatic rings. The van der Waals surface area contributed by atoms with E-state index in [1.165, 1.54) is 19.3 Å². The van der Waals surface area contributed by atoms with Crippen LogP contribution in [0.1, 0.15) is 19.3 Å². The second-order valence-electron chi connectivity index (χ2n) is 3.75. The predicted octanol–water partition coefficient (Wildman–Crippen LogP) is 1.33. The predicted molar refractivity (Wildman–Crippen MR) is 49.1 cm³/mol. The number of ether oxygens (including phenoxy) is 1. The van der Waals surface area contributed by atoms with Gasteiger partial charge in [0, 0.05) is 19.2 Å². The van der Waals surface area contributed by atoms with E-state index in [0.717, 1.165) is 25.7 Å². The van der Waals surface area contributed by atoms with Crippen LogP contribution < -0.4 is 5.32 Å². The zero-order valence-electron chi connectivity index (χ0n) is 7.46. The lowest BCUT2D eigenvalue weighted by atomic mass is 10.1. The molecule has 1 N–H and O–H groups in total. The highest BCUT2D eigenvalue weighted by molar-refractivity contribution is 5.00. The summed E-state index contributed by atoms with van der Waals surface area (Å²) >= 11 is 0. The molecule has 1 aliphatic carbocycles. The van der Waals surface area contributed by atoms with Crippen LogP contribution in [0, 0.1) is 5.92 Å². The van der Waals surface area contributed by atoms with Crippen LogP contribution in [0.3, 0.4) is 0 Å². The lowest BCUT2D eigenvalue weighted by Crippen LogP contribution is -2.30. The third kappa shape index (κ3) is 2.08. The van der Waals surface area contributed by atoms with Crippen molar-refractivity contribution in [2.45, 2.75) is 25.3 Å². The van der Waals surface area contributed by atoms with Gasteiger partial charge in [-0.25, -0.2) is 0 Å². The van der Waals surface area contributed by atoms with Crippen LogP contribution in [0.15, 0.2) is 12.2 Å². The van der Waals surface area contributed by atoms with Crippen molar-refractivity contribution in [3.05, 3.63) is 12.2 Å². The number of nitrogens with one attached hydrogen (secondary N) is 1. The highest BCUT2D eigenvalue weighted by Crippen LogP contribution is 2.13. The maximum atomic E-state index is 5.31. The third-order valence-electron chi connectivity index (χ3n) is 2.71. The van der Waals surface area contributed by atoms with E-state index in [1.54, 1.807) is 0 Å². The zero-order valence-corrected chi connectivity index (χ0v) is 7.46. The smallest absolute Gasteiger partial charge is 0.0507 e. The van der Waals surface area contributed by atoms with Gasteiger partial charge in [-0.3, -0.25) is 0 Å². The molecule has 2 unspecified atom stereocenters. The van der Waals surface area contributed by atoms with Crippen LogP contribution in [-0.2, 0) is 4.74 Å². The van der Waals surface area contributed by atoms with Crippen molar-refractivity contribution in [3.8, 4) is 0 Å². The van der Waals surface area contributed by atoms with Gasteiger partial charge in [0.2, 0.25) is 0 Å². The molecule has 0 aromatic heterocycles. The van der Waals surface area contributed by atoms with Crippen LogP contribution in [0.2, 0.25) is 0 Å². The normalized spacial score (nSPS) is 34.7. The summed E-state index contributed by atoms with van der Waals surface area (Å²) < 4.78 is 5.31. The van der Waals surface area contributed by atoms with Gasteiger partial charge in [-0.2, -0.15) is 0 Å². The average Bonchev–Trinajstić information content (AvgIpc) is 2.74. The lowest BCUT2D eigenvalue weighted by Gasteiger charge is -2.13. The fourth-order valence-electron chi connectivity index (χ4n) is 1.86. The van der Waals surface area contributed by atoms with Gasteiger partial charge < -0.3 is 10.1 Å². The summed E-state index contributed by atoms with van der Waals surface area (Å²) in [7, 11) is 0. The Morgan fingerprint density at radius 1 is 1.42 bits per heavy atom. The molecule has 1 fully saturated rings. The highest BCUT2D eigenvalue weighted by atomic mass is 16.5. The molecular weight excluding hydrogens is 150 g/mol. The topological polar surface area (TPSA) is 21.3 Å². The first-order valence-electron chi connectivity index (χ1n) is 4.93. The van der Waals surface area contributed by atoms with Crippen molar-refractivity contribution in [1.29, 1.82) is 0 Å². The molecule has 2 aliphatic rings. The van der Waals surface area contributed by atoms with Gasteiger partial charge in [0.1, 0.15) is 0 Å². The molecule has 2 atom stereocenters. The second kappa shape index (κ2) is 4.06. The van der Waals surface area contributed by atoms with E-state index in [4.69, 9.17) is 4.74 Å². The maximum Gasteiger partial charge on any atom is 0.0507 e. The van der Waals surface area contributed by atoms with Crippen molar-refractivity contribution < 1.29 is 4.74 Å². The van der Waals surface area contributed by atoms with E-state index < -0.39 is 0 Å². The summed E-state index contributed by atoms with van der Waals surface area (Å²) in [6.45, 7) is 3.06. The molecule has 12 heavy (non-hydrogen) atoms. The fraction of sp³-hybridized carbons (Fsp3) is 0.800. The monoisotopic (exact) mass is 167 g/mol. The Kier molecular flexibility index (Phi) is 2.79. The molecule has 2 heteroatoms. The first kappa shape index (κ1) is 8.27. The van der Waals surface area contributed by atoms with Crippen molar-refractivity contribution >= 4 is 0 Å². The number of rotatable bonds is 3. The van der Waals surface area contributed by atoms with Crippen molar-refractivity contribution in [3.63, 3.8) is 0 Å². The Hall–Kier alpha value is -0.340. The molecule has 0 amide bonds. The Morgan fingerprint density at radius 3 is 3.08 bits per heavy atom. The fourth-order valence-corrected chi connectivity index (χ4v) is 1.86. The van der Waals surface area contributed by atoms with Gasteiger partial charge >= 0.3 is 0 Å². The zero-order chi connectivity index (χ0) is 8.23. The first-order chi connectivity index (χ1) is 5.95. The molecule has 1 saturated heterocycles. The maximum absolute atomic E-state index is 5.31. The molecule has 2 nitrogen and oxygen atoms in total. The molecule has 0 radical (unpaired) electrons. The molecule has 1 aliphatic heterocycles. The van der Waals surface area contributed by atoms with Gasteiger partial charge in [-0.15, -0.1) is 0 Å². The van der Waals surface area contributed by atoms with Crippen LogP contribution in [0.4, 0.5) is 0 Å². The minimum Gasteiger partial charge on any atom is -0.381 e. The van der Waals surface area contributed by atoms with E-state index in [9.17, 15) is 0 Å². The summed E-state index contributed by atoms with van der Waals surface area (Å²) in [5.41, 5.74) is 0. The minimum atomic E-state index is 0.644. The number of allylic oxidation sites excluding steroid dienone is 1. The SMILES string of the molecule is C1=CC(NCC2CCOC2)CC1. The summed E-state index contributed by atoms with van der Waals surface area (Å²) in [5.74, 6) is 0.763. The molecular formula is C10H17NO. The first-order valence-corrected chi connectivity index (χ1v) is 4.93. The van der Waals surface area contributed by atoms with Crippen molar-refractivity contribution in [1.82, 2.24) is 5.32 Å². The van der Waals surface area contributed by atoms with Crippen LogP contribution >= 0.6 is 0 Å². The van der Waals surface area contributed by atoms with Crippen LogP contribution in [0.5, 0.6) is 0 Å². The molecule has 0 saturated carbocycles. The van der Waals surface area contributed by atoms with E-state index in [1.807, 2.05) is 0 Å². The van der Waals surface area contributed by atoms with E-state index in [2.05, 4.69) is 17.5 Å². The molecule has 68 valence electrons. The van der Waals surface area contributed by atoms with Gasteiger partial charge in [0.15, 0.2) is 0 Å². The van der Waals surface area contributed by atoms with Gasteiger partial charge in [0.25, 0.3) is 0 Å². The summed E-state index contributed by atoms with van der Waals surface area (Å²) in [6, 6.07) is 0.644. The molecule has 0 aromatic carbocycles. The van der Waals surface area contributed by atoms with E-state index >= 15 is 0 Å². The standard InChI is InChI=1S/C10H17NO/c1-2-4-10(3-1)11-7-9-5-6-12-8-9/h1,3,9-11H,2,4-8H2. The Labute approximate surface area is 74.0 Å². The Bertz CT molecular complexity index is 161. The average molecular weight is 167 g/mol. The minimum absolute atomic E-state index is 0.644. The molecule has 0 bridgehead atoms. The summed E-state index contributed by atoms with van der Waals surface area (Å²) in [6.07, 6.45) is 8.33. The van der Waals surface area contributed by atoms with E-state index in [-0.39, 0.29) is 0 Å². The summed E-state index contributed by atoms with van der Waals surface area (Å²) in [4.78, 5) is 0. The molecule has 0 spiro atoms. The van der Waals surface area contributed by atoms with Crippen molar-refractivity contribution in [2.75, 3.05) is 19.8 Å². The second-order valence-corrected chi connectivity index (χ2v) is 3.75. The largest absolute Gasteiger partial charge is 0.381 e. The number of hydrogen-bond acceptors (Lipinski definition) is 2. The van der Waals surface area contributed by atoms with Crippen LogP contribution in [0.25, 0.3) is 0 Å². The molecule has 1 heterocycles. The molecule has 2 rings (SSSR count). The third-order valence-corrected chi connectivity index (χ3v) is 2.71. The lowest BCUT2D eigenvalue weighted by molar-refractivity contribution is 0.185. The number of hydrogen-bond donors (Lipinski definition) is 1. The van der Waals surface area contributed by atoms with Gasteiger partial charge in [-0.1, -0.05) is 12.2 Å².